The molecule has 4 nitrogen and oxygen atoms in total. The number of carbonyl (C=O) groups excluding carboxylic acids is 1. The second-order valence-corrected chi connectivity index (χ2v) is 8.07. The third-order valence-electron chi connectivity index (χ3n) is 6.06. The summed E-state index contributed by atoms with van der Waals surface area (Å²) in [6.45, 7) is 3.53. The molecule has 1 unspecified atom stereocenters. The average Bonchev–Trinajstić information content (AvgIpc) is 2.76. The standard InChI is InChI=1S/C25H27N3O/c1-18(21-11-10-19-6-2-4-8-22(19)14-21)27-25(29)24(15-26)17-28-13-12-20-7-3-5-9-23(20)16-28/h3,5,7,9-11,14,17-18H,2,4,6,8,12-13,16H2,1H3,(H,27,29)/b24-17-. The maximum absolute atomic E-state index is 12.7. The van der Waals surface area contributed by atoms with Crippen molar-refractivity contribution in [2.24, 2.45) is 0 Å². The van der Waals surface area contributed by atoms with Crippen LogP contribution in [0, 0.1) is 11.3 Å². The zero-order valence-electron chi connectivity index (χ0n) is 16.9. The number of carbonyl (C=O) groups is 1. The predicted octanol–water partition coefficient (Wildman–Crippen LogP) is 4.21. The van der Waals surface area contributed by atoms with E-state index in [9.17, 15) is 10.1 Å². The van der Waals surface area contributed by atoms with Gasteiger partial charge in [-0.15, -0.1) is 0 Å². The first-order valence-corrected chi connectivity index (χ1v) is 10.5. The minimum Gasteiger partial charge on any atom is -0.371 e. The summed E-state index contributed by atoms with van der Waals surface area (Å²) < 4.78 is 0. The van der Waals surface area contributed by atoms with Gasteiger partial charge in [0.25, 0.3) is 5.91 Å². The van der Waals surface area contributed by atoms with E-state index in [4.69, 9.17) is 0 Å². The lowest BCUT2D eigenvalue weighted by molar-refractivity contribution is -0.117. The highest BCUT2D eigenvalue weighted by Crippen LogP contribution is 2.25. The van der Waals surface area contributed by atoms with Gasteiger partial charge in [0.05, 0.1) is 6.04 Å². The van der Waals surface area contributed by atoms with Crippen LogP contribution >= 0.6 is 0 Å². The molecule has 1 heterocycles. The number of benzene rings is 2. The number of nitriles is 1. The Kier molecular flexibility index (Phi) is 5.67. The molecule has 2 aromatic rings. The Morgan fingerprint density at radius 3 is 2.59 bits per heavy atom. The van der Waals surface area contributed by atoms with Gasteiger partial charge in [-0.2, -0.15) is 5.26 Å². The highest BCUT2D eigenvalue weighted by Gasteiger charge is 2.19. The van der Waals surface area contributed by atoms with Crippen molar-refractivity contribution >= 4 is 5.91 Å². The molecule has 1 atom stereocenters. The molecule has 148 valence electrons. The Bertz CT molecular complexity index is 986. The summed E-state index contributed by atoms with van der Waals surface area (Å²) in [4.78, 5) is 14.8. The van der Waals surface area contributed by atoms with E-state index in [1.165, 1.54) is 35.1 Å². The molecular weight excluding hydrogens is 358 g/mol. The lowest BCUT2D eigenvalue weighted by Crippen LogP contribution is -2.31. The summed E-state index contributed by atoms with van der Waals surface area (Å²) in [5.74, 6) is -0.309. The summed E-state index contributed by atoms with van der Waals surface area (Å²) in [5, 5.41) is 12.6. The fraction of sp³-hybridized carbons (Fsp3) is 0.360. The molecule has 0 saturated carbocycles. The molecule has 1 aliphatic carbocycles. The molecule has 1 N–H and O–H groups in total. The van der Waals surface area contributed by atoms with Gasteiger partial charge in [-0.3, -0.25) is 4.79 Å². The van der Waals surface area contributed by atoms with Gasteiger partial charge in [-0.05, 0) is 66.8 Å². The SMILES string of the molecule is CC(NC(=O)/C(C#N)=C\N1CCc2ccccc2C1)c1ccc2c(c1)CCCC2. The van der Waals surface area contributed by atoms with Crippen LogP contribution in [0.3, 0.4) is 0 Å². The van der Waals surface area contributed by atoms with Crippen LogP contribution in [0.25, 0.3) is 0 Å². The van der Waals surface area contributed by atoms with Gasteiger partial charge in [0.2, 0.25) is 0 Å². The third kappa shape index (κ3) is 4.35. The number of hydrogen-bond acceptors (Lipinski definition) is 3. The molecule has 4 heteroatoms. The Balaban J connectivity index is 1.44. The molecule has 2 aromatic carbocycles. The van der Waals surface area contributed by atoms with Gasteiger partial charge in [0, 0.05) is 19.3 Å². The summed E-state index contributed by atoms with van der Waals surface area (Å²) in [7, 11) is 0. The molecule has 4 rings (SSSR count). The van der Waals surface area contributed by atoms with Crippen molar-refractivity contribution in [3.05, 3.63) is 82.1 Å². The average molecular weight is 386 g/mol. The highest BCUT2D eigenvalue weighted by molar-refractivity contribution is 5.97. The van der Waals surface area contributed by atoms with E-state index < -0.39 is 0 Å². The number of fused-ring (bicyclic) bond motifs is 2. The number of nitrogens with one attached hydrogen (secondary N) is 1. The Hall–Kier alpha value is -3.06. The molecule has 0 bridgehead atoms. The van der Waals surface area contributed by atoms with Crippen LogP contribution in [0.2, 0.25) is 0 Å². The number of amides is 1. The summed E-state index contributed by atoms with van der Waals surface area (Å²) in [5.41, 5.74) is 6.70. The van der Waals surface area contributed by atoms with E-state index in [2.05, 4.69) is 52.7 Å². The van der Waals surface area contributed by atoms with E-state index in [1.54, 1.807) is 6.20 Å². The maximum Gasteiger partial charge on any atom is 0.263 e. The van der Waals surface area contributed by atoms with Crippen LogP contribution in [-0.2, 0) is 30.6 Å². The van der Waals surface area contributed by atoms with E-state index in [1.807, 2.05) is 13.0 Å². The number of hydrogen-bond donors (Lipinski definition) is 1. The topological polar surface area (TPSA) is 56.1 Å². The van der Waals surface area contributed by atoms with Crippen LogP contribution in [0.15, 0.2) is 54.2 Å². The van der Waals surface area contributed by atoms with Gasteiger partial charge in [-0.1, -0.05) is 42.5 Å². The monoisotopic (exact) mass is 385 g/mol. The van der Waals surface area contributed by atoms with Gasteiger partial charge < -0.3 is 10.2 Å². The maximum atomic E-state index is 12.7. The Labute approximate surface area is 172 Å². The van der Waals surface area contributed by atoms with Gasteiger partial charge in [-0.25, -0.2) is 0 Å². The van der Waals surface area contributed by atoms with Gasteiger partial charge in [0.15, 0.2) is 0 Å². The van der Waals surface area contributed by atoms with Crippen LogP contribution in [0.1, 0.15) is 53.6 Å². The van der Waals surface area contributed by atoms with Crippen molar-refractivity contribution in [1.82, 2.24) is 10.2 Å². The molecule has 29 heavy (non-hydrogen) atoms. The van der Waals surface area contributed by atoms with Crippen molar-refractivity contribution in [3.63, 3.8) is 0 Å². The second kappa shape index (κ2) is 8.53. The molecule has 1 amide bonds. The quantitative estimate of drug-likeness (QED) is 0.634. The summed E-state index contributed by atoms with van der Waals surface area (Å²) >= 11 is 0. The third-order valence-corrected chi connectivity index (χ3v) is 6.06. The lowest BCUT2D eigenvalue weighted by Gasteiger charge is -2.28. The van der Waals surface area contributed by atoms with Crippen molar-refractivity contribution in [1.29, 1.82) is 5.26 Å². The zero-order chi connectivity index (χ0) is 20.2. The minimum absolute atomic E-state index is 0.131. The van der Waals surface area contributed by atoms with Crippen molar-refractivity contribution in [2.75, 3.05) is 6.54 Å². The molecular formula is C25H27N3O. The van der Waals surface area contributed by atoms with Crippen molar-refractivity contribution in [2.45, 2.75) is 51.6 Å². The van der Waals surface area contributed by atoms with Crippen molar-refractivity contribution < 1.29 is 4.79 Å². The lowest BCUT2D eigenvalue weighted by atomic mass is 9.89. The number of nitrogens with zero attached hydrogens (tertiary/aromatic N) is 2. The first-order valence-electron chi connectivity index (χ1n) is 10.5. The van der Waals surface area contributed by atoms with Crippen molar-refractivity contribution in [3.8, 4) is 6.07 Å². The molecule has 0 radical (unpaired) electrons. The van der Waals surface area contributed by atoms with E-state index >= 15 is 0 Å². The molecule has 2 aliphatic rings. The molecule has 0 spiro atoms. The summed E-state index contributed by atoms with van der Waals surface area (Å²) in [6, 6.07) is 16.8. The second-order valence-electron chi connectivity index (χ2n) is 8.07. The fourth-order valence-electron chi connectivity index (χ4n) is 4.33. The van der Waals surface area contributed by atoms with Crippen LogP contribution in [0.4, 0.5) is 0 Å². The molecule has 1 aliphatic heterocycles. The zero-order valence-corrected chi connectivity index (χ0v) is 16.9. The number of rotatable bonds is 4. The Morgan fingerprint density at radius 2 is 1.79 bits per heavy atom. The van der Waals surface area contributed by atoms with Gasteiger partial charge in [0.1, 0.15) is 11.6 Å². The van der Waals surface area contributed by atoms with Gasteiger partial charge >= 0.3 is 0 Å². The fourth-order valence-corrected chi connectivity index (χ4v) is 4.33. The molecule has 0 saturated heterocycles. The van der Waals surface area contributed by atoms with E-state index in [-0.39, 0.29) is 17.5 Å². The summed E-state index contributed by atoms with van der Waals surface area (Å²) in [6.07, 6.45) is 7.40. The Morgan fingerprint density at radius 1 is 1.07 bits per heavy atom. The van der Waals surface area contributed by atoms with Crippen LogP contribution in [0.5, 0.6) is 0 Å². The first-order chi connectivity index (χ1) is 14.1. The van der Waals surface area contributed by atoms with E-state index in [0.717, 1.165) is 37.9 Å². The predicted molar refractivity (Wildman–Crippen MR) is 114 cm³/mol. The van der Waals surface area contributed by atoms with Crippen LogP contribution in [-0.4, -0.2) is 17.4 Å². The van der Waals surface area contributed by atoms with E-state index in [0.29, 0.717) is 0 Å². The number of aryl methyl sites for hydroxylation is 2. The largest absolute Gasteiger partial charge is 0.371 e. The first kappa shape index (κ1) is 19.3. The molecule has 0 fully saturated rings. The normalized spacial score (nSPS) is 17.0. The smallest absolute Gasteiger partial charge is 0.263 e. The minimum atomic E-state index is -0.309. The highest BCUT2D eigenvalue weighted by atomic mass is 16.1. The molecule has 0 aromatic heterocycles. The van der Waals surface area contributed by atoms with Crippen LogP contribution < -0.4 is 5.32 Å².